The normalized spacial score (nSPS) is 15.3. The van der Waals surface area contributed by atoms with Crippen LogP contribution in [0.5, 0.6) is 0 Å². The topological polar surface area (TPSA) is 90.3 Å². The first-order valence-electron chi connectivity index (χ1n) is 11.3. The second-order valence-corrected chi connectivity index (χ2v) is 10.2. The maximum atomic E-state index is 13.4. The maximum Gasteiger partial charge on any atom is 0.348 e. The number of ether oxygens (including phenoxy) is 1. The first-order chi connectivity index (χ1) is 16.3. The van der Waals surface area contributed by atoms with Crippen LogP contribution in [-0.4, -0.2) is 27.5 Å². The van der Waals surface area contributed by atoms with Crippen LogP contribution in [0.3, 0.4) is 0 Å². The number of anilines is 1. The van der Waals surface area contributed by atoms with Gasteiger partial charge in [-0.2, -0.15) is 0 Å². The zero-order valence-electron chi connectivity index (χ0n) is 18.9. The van der Waals surface area contributed by atoms with Crippen molar-refractivity contribution < 1.29 is 14.3 Å². The third-order valence-electron chi connectivity index (χ3n) is 6.10. The fraction of sp³-hybridized carbons (Fsp3) is 0.417. The molecular formula is C24H25Cl2N3O4S. The fourth-order valence-electron chi connectivity index (χ4n) is 4.26. The van der Waals surface area contributed by atoms with Crippen molar-refractivity contribution in [2.75, 3.05) is 5.32 Å². The van der Waals surface area contributed by atoms with Gasteiger partial charge in [0.1, 0.15) is 21.9 Å². The Labute approximate surface area is 211 Å². The minimum atomic E-state index is -0.812. The standard InChI is InChI=1S/C24H25Cl2N3O4S/c1-3-18(21(30)28-17-10-9-14(25)11-16(17)26)29-12-27-22-19(23(29)31)13(2)20(34-22)24(32)33-15-7-5-4-6-8-15/h9-12,15,18H,3-8H2,1-2H3,(H,28,30). The zero-order chi connectivity index (χ0) is 24.4. The molecule has 0 bridgehead atoms. The Balaban J connectivity index is 1.62. The molecule has 2 aromatic heterocycles. The van der Waals surface area contributed by atoms with Gasteiger partial charge in [0.15, 0.2) is 0 Å². The second-order valence-electron chi connectivity index (χ2n) is 8.40. The average Bonchev–Trinajstić information content (AvgIpc) is 3.15. The van der Waals surface area contributed by atoms with E-state index in [1.165, 1.54) is 17.0 Å². The molecule has 1 saturated carbocycles. The van der Waals surface area contributed by atoms with E-state index in [0.29, 0.717) is 42.8 Å². The molecule has 1 N–H and O–H groups in total. The smallest absolute Gasteiger partial charge is 0.348 e. The van der Waals surface area contributed by atoms with Gasteiger partial charge in [-0.15, -0.1) is 11.3 Å². The molecule has 0 radical (unpaired) electrons. The monoisotopic (exact) mass is 521 g/mol. The largest absolute Gasteiger partial charge is 0.458 e. The van der Waals surface area contributed by atoms with Gasteiger partial charge in [0.05, 0.1) is 22.4 Å². The van der Waals surface area contributed by atoms with E-state index in [0.717, 1.165) is 43.4 Å². The molecule has 0 aliphatic heterocycles. The summed E-state index contributed by atoms with van der Waals surface area (Å²) < 4.78 is 7.00. The second kappa shape index (κ2) is 10.5. The number of aryl methyl sites for hydroxylation is 1. The first kappa shape index (κ1) is 24.7. The van der Waals surface area contributed by atoms with E-state index in [-0.39, 0.29) is 11.7 Å². The number of benzene rings is 1. The highest BCUT2D eigenvalue weighted by molar-refractivity contribution is 7.20. The number of halogens is 2. The summed E-state index contributed by atoms with van der Waals surface area (Å²) in [6.07, 6.45) is 6.63. The van der Waals surface area contributed by atoms with Crippen LogP contribution in [-0.2, 0) is 9.53 Å². The molecular weight excluding hydrogens is 497 g/mol. The number of rotatable bonds is 6. The zero-order valence-corrected chi connectivity index (χ0v) is 21.2. The van der Waals surface area contributed by atoms with E-state index >= 15 is 0 Å². The maximum absolute atomic E-state index is 13.4. The van der Waals surface area contributed by atoms with Gasteiger partial charge in [-0.1, -0.05) is 36.5 Å². The Kier molecular flexibility index (Phi) is 7.60. The summed E-state index contributed by atoms with van der Waals surface area (Å²) in [5.41, 5.74) is 0.555. The molecule has 1 atom stereocenters. The highest BCUT2D eigenvalue weighted by Crippen LogP contribution is 2.30. The predicted molar refractivity (Wildman–Crippen MR) is 135 cm³/mol. The number of carbonyl (C=O) groups is 2. The van der Waals surface area contributed by atoms with Gasteiger partial charge >= 0.3 is 5.97 Å². The number of nitrogens with zero attached hydrogens (tertiary/aromatic N) is 2. The van der Waals surface area contributed by atoms with Gasteiger partial charge in [0, 0.05) is 5.02 Å². The molecule has 3 aromatic rings. The number of hydrogen-bond donors (Lipinski definition) is 1. The van der Waals surface area contributed by atoms with Crippen LogP contribution in [0.4, 0.5) is 5.69 Å². The van der Waals surface area contributed by atoms with Gasteiger partial charge in [-0.3, -0.25) is 14.2 Å². The molecule has 1 amide bonds. The van der Waals surface area contributed by atoms with Gasteiger partial charge in [-0.05, 0) is 62.8 Å². The summed E-state index contributed by atoms with van der Waals surface area (Å²) in [5.74, 6) is -0.819. The number of hydrogen-bond acceptors (Lipinski definition) is 6. The average molecular weight is 522 g/mol. The quantitative estimate of drug-likeness (QED) is 0.392. The predicted octanol–water partition coefficient (Wildman–Crippen LogP) is 6.15. The molecule has 1 fully saturated rings. The Bertz CT molecular complexity index is 1300. The Morgan fingerprint density at radius 3 is 2.68 bits per heavy atom. The van der Waals surface area contributed by atoms with E-state index in [4.69, 9.17) is 27.9 Å². The summed E-state index contributed by atoms with van der Waals surface area (Å²) in [7, 11) is 0. The lowest BCUT2D eigenvalue weighted by molar-refractivity contribution is -0.119. The molecule has 180 valence electrons. The van der Waals surface area contributed by atoms with Gasteiger partial charge in [0.2, 0.25) is 5.91 Å². The van der Waals surface area contributed by atoms with Crippen LogP contribution in [0.25, 0.3) is 10.2 Å². The Hall–Kier alpha value is -2.42. The molecule has 0 saturated heterocycles. The van der Waals surface area contributed by atoms with E-state index in [9.17, 15) is 14.4 Å². The van der Waals surface area contributed by atoms with Crippen molar-refractivity contribution >= 4 is 62.3 Å². The van der Waals surface area contributed by atoms with Crippen LogP contribution in [0.1, 0.15) is 66.7 Å². The molecule has 1 unspecified atom stereocenters. The van der Waals surface area contributed by atoms with Crippen molar-refractivity contribution in [3.63, 3.8) is 0 Å². The third-order valence-corrected chi connectivity index (χ3v) is 7.83. The van der Waals surface area contributed by atoms with Crippen molar-refractivity contribution in [2.45, 2.75) is 64.5 Å². The molecule has 0 spiro atoms. The Morgan fingerprint density at radius 2 is 2.00 bits per heavy atom. The molecule has 7 nitrogen and oxygen atoms in total. The van der Waals surface area contributed by atoms with Crippen molar-refractivity contribution in [3.8, 4) is 0 Å². The molecule has 1 aliphatic carbocycles. The van der Waals surface area contributed by atoms with Crippen LogP contribution < -0.4 is 10.9 Å². The molecule has 1 aromatic carbocycles. The van der Waals surface area contributed by atoms with Crippen LogP contribution >= 0.6 is 34.5 Å². The number of nitrogens with one attached hydrogen (secondary N) is 1. The number of amides is 1. The van der Waals surface area contributed by atoms with Crippen LogP contribution in [0.15, 0.2) is 29.3 Å². The fourth-order valence-corrected chi connectivity index (χ4v) is 5.74. The SMILES string of the molecule is CCC(C(=O)Nc1ccc(Cl)cc1Cl)n1cnc2sc(C(=O)OC3CCCCC3)c(C)c2c1=O. The summed E-state index contributed by atoms with van der Waals surface area (Å²) >= 11 is 13.3. The van der Waals surface area contributed by atoms with E-state index in [2.05, 4.69) is 10.3 Å². The van der Waals surface area contributed by atoms with Crippen molar-refractivity contribution in [2.24, 2.45) is 0 Å². The molecule has 1 aliphatic rings. The number of aromatic nitrogens is 2. The summed E-state index contributed by atoms with van der Waals surface area (Å²) in [6.45, 7) is 3.52. The van der Waals surface area contributed by atoms with Crippen LogP contribution in [0, 0.1) is 6.92 Å². The molecule has 4 rings (SSSR count). The van der Waals surface area contributed by atoms with Crippen LogP contribution in [0.2, 0.25) is 10.0 Å². The number of esters is 1. The minimum absolute atomic E-state index is 0.0802. The molecule has 2 heterocycles. The van der Waals surface area contributed by atoms with E-state index in [1.54, 1.807) is 26.0 Å². The van der Waals surface area contributed by atoms with Crippen molar-refractivity contribution in [1.29, 1.82) is 0 Å². The lowest BCUT2D eigenvalue weighted by Crippen LogP contribution is -2.33. The van der Waals surface area contributed by atoms with Crippen molar-refractivity contribution in [1.82, 2.24) is 9.55 Å². The number of fused-ring (bicyclic) bond motifs is 1. The molecule has 34 heavy (non-hydrogen) atoms. The molecule has 10 heteroatoms. The summed E-state index contributed by atoms with van der Waals surface area (Å²) in [5, 5.41) is 3.84. The van der Waals surface area contributed by atoms with Gasteiger partial charge in [-0.25, -0.2) is 9.78 Å². The van der Waals surface area contributed by atoms with Crippen molar-refractivity contribution in [3.05, 3.63) is 55.4 Å². The van der Waals surface area contributed by atoms with Gasteiger partial charge < -0.3 is 10.1 Å². The van der Waals surface area contributed by atoms with Gasteiger partial charge in [0.25, 0.3) is 5.56 Å². The Morgan fingerprint density at radius 1 is 1.26 bits per heavy atom. The van der Waals surface area contributed by atoms with E-state index in [1.807, 2.05) is 0 Å². The number of thiophene rings is 1. The highest BCUT2D eigenvalue weighted by Gasteiger charge is 2.27. The minimum Gasteiger partial charge on any atom is -0.458 e. The summed E-state index contributed by atoms with van der Waals surface area (Å²) in [6, 6.07) is 3.94. The summed E-state index contributed by atoms with van der Waals surface area (Å²) in [4.78, 5) is 44.5. The lowest BCUT2D eigenvalue weighted by atomic mass is 9.98. The lowest BCUT2D eigenvalue weighted by Gasteiger charge is -2.21. The third kappa shape index (κ3) is 4.99. The number of carbonyl (C=O) groups excluding carboxylic acids is 2. The first-order valence-corrected chi connectivity index (χ1v) is 12.8. The highest BCUT2D eigenvalue weighted by atomic mass is 35.5. The van der Waals surface area contributed by atoms with E-state index < -0.39 is 17.9 Å².